The van der Waals surface area contributed by atoms with Crippen molar-refractivity contribution in [1.29, 1.82) is 0 Å². The van der Waals surface area contributed by atoms with E-state index in [1.807, 2.05) is 44.3 Å². The Balaban J connectivity index is 1.73. The van der Waals surface area contributed by atoms with Gasteiger partial charge in [-0.1, -0.05) is 45.0 Å². The van der Waals surface area contributed by atoms with E-state index >= 15 is 0 Å². The number of fused-ring (bicyclic) bond motifs is 2. The van der Waals surface area contributed by atoms with Crippen molar-refractivity contribution in [3.8, 4) is 0 Å². The number of anilines is 1. The van der Waals surface area contributed by atoms with Crippen LogP contribution in [0.25, 0.3) is 0 Å². The lowest BCUT2D eigenvalue weighted by atomic mass is 9.87. The molecule has 0 radical (unpaired) electrons. The van der Waals surface area contributed by atoms with Crippen molar-refractivity contribution < 1.29 is 19.4 Å². The predicted octanol–water partition coefficient (Wildman–Crippen LogP) is 3.26. The Kier molecular flexibility index (Phi) is 9.67. The maximum atomic E-state index is 13.0. The predicted molar refractivity (Wildman–Crippen MR) is 142 cm³/mol. The summed E-state index contributed by atoms with van der Waals surface area (Å²) in [5.74, 6) is -0.119. The summed E-state index contributed by atoms with van der Waals surface area (Å²) in [4.78, 5) is 29.3. The smallest absolute Gasteiger partial charge is 0.321 e. The van der Waals surface area contributed by atoms with Crippen molar-refractivity contribution in [3.05, 3.63) is 41.7 Å². The lowest BCUT2D eigenvalue weighted by molar-refractivity contribution is -0.136. The third kappa shape index (κ3) is 8.00. The molecule has 10 heteroatoms. The van der Waals surface area contributed by atoms with Crippen molar-refractivity contribution in [1.82, 2.24) is 24.8 Å². The highest BCUT2D eigenvalue weighted by molar-refractivity contribution is 5.89. The van der Waals surface area contributed by atoms with Crippen LogP contribution >= 0.6 is 0 Å². The van der Waals surface area contributed by atoms with E-state index in [2.05, 4.69) is 36.4 Å². The third-order valence-electron chi connectivity index (χ3n) is 6.85. The summed E-state index contributed by atoms with van der Waals surface area (Å²) >= 11 is 0. The number of carbonyl (C=O) groups is 2. The Morgan fingerprint density at radius 2 is 2.00 bits per heavy atom. The average Bonchev–Trinajstić information content (AvgIpc) is 3.31. The number of aromatic nitrogens is 3. The zero-order valence-corrected chi connectivity index (χ0v) is 23.0. The molecule has 2 heterocycles. The quantitative estimate of drug-likeness (QED) is 0.633. The topological polar surface area (TPSA) is 113 Å². The highest BCUT2D eigenvalue weighted by atomic mass is 16.5. The Labute approximate surface area is 220 Å². The first-order valence-electron chi connectivity index (χ1n) is 13.0. The molecule has 37 heavy (non-hydrogen) atoms. The van der Waals surface area contributed by atoms with Gasteiger partial charge in [0.25, 0.3) is 0 Å². The van der Waals surface area contributed by atoms with Gasteiger partial charge in [-0.2, -0.15) is 0 Å². The summed E-state index contributed by atoms with van der Waals surface area (Å²) in [6, 6.07) is 7.32. The van der Waals surface area contributed by atoms with Crippen LogP contribution < -0.4 is 5.32 Å². The molecule has 2 aromatic rings. The van der Waals surface area contributed by atoms with E-state index in [0.717, 1.165) is 5.69 Å². The van der Waals surface area contributed by atoms with Gasteiger partial charge in [0.2, 0.25) is 5.91 Å². The normalized spacial score (nSPS) is 20.4. The molecule has 0 saturated carbocycles. The molecule has 0 saturated heterocycles. The molecule has 1 aliphatic rings. The van der Waals surface area contributed by atoms with Gasteiger partial charge in [0.05, 0.1) is 31.6 Å². The Hall–Kier alpha value is -2.98. The summed E-state index contributed by atoms with van der Waals surface area (Å²) < 4.78 is 7.96. The molecule has 0 fully saturated rings. The van der Waals surface area contributed by atoms with E-state index in [4.69, 9.17) is 4.74 Å². The van der Waals surface area contributed by atoms with Crippen molar-refractivity contribution in [2.45, 2.75) is 78.2 Å². The Morgan fingerprint density at radius 1 is 1.30 bits per heavy atom. The lowest BCUT2D eigenvalue weighted by Gasteiger charge is -2.35. The molecule has 2 bridgehead atoms. The molecular weight excluding hydrogens is 472 g/mol. The molecule has 3 amide bonds. The maximum Gasteiger partial charge on any atom is 0.321 e. The van der Waals surface area contributed by atoms with E-state index in [-0.39, 0.29) is 48.6 Å². The molecule has 1 aromatic heterocycles. The number of hydrogen-bond donors (Lipinski definition) is 2. The van der Waals surface area contributed by atoms with Gasteiger partial charge in [0, 0.05) is 44.7 Å². The van der Waals surface area contributed by atoms with Gasteiger partial charge in [-0.25, -0.2) is 4.79 Å². The fourth-order valence-corrected chi connectivity index (χ4v) is 4.32. The summed E-state index contributed by atoms with van der Waals surface area (Å²) in [5.41, 5.74) is 2.65. The van der Waals surface area contributed by atoms with Crippen LogP contribution in [0.1, 0.15) is 58.7 Å². The van der Waals surface area contributed by atoms with E-state index < -0.39 is 0 Å². The highest BCUT2D eigenvalue weighted by Crippen LogP contribution is 2.24. The van der Waals surface area contributed by atoms with Gasteiger partial charge < -0.3 is 25.0 Å². The summed E-state index contributed by atoms with van der Waals surface area (Å²) in [7, 11) is 1.73. The maximum absolute atomic E-state index is 13.0. The summed E-state index contributed by atoms with van der Waals surface area (Å²) in [5, 5.41) is 21.0. The molecular formula is C27H42N6O4. The van der Waals surface area contributed by atoms with Gasteiger partial charge in [-0.15, -0.1) is 5.10 Å². The molecule has 204 valence electrons. The second-order valence-corrected chi connectivity index (χ2v) is 11.1. The molecule has 0 aliphatic carbocycles. The van der Waals surface area contributed by atoms with E-state index in [9.17, 15) is 14.7 Å². The number of amides is 3. The van der Waals surface area contributed by atoms with Crippen molar-refractivity contribution in [2.24, 2.45) is 5.92 Å². The lowest BCUT2D eigenvalue weighted by Crippen LogP contribution is -2.48. The third-order valence-corrected chi connectivity index (χ3v) is 6.85. The second-order valence-electron chi connectivity index (χ2n) is 11.1. The molecule has 2 N–H and O–H groups in total. The van der Waals surface area contributed by atoms with Crippen molar-refractivity contribution in [2.75, 3.05) is 32.1 Å². The zero-order chi connectivity index (χ0) is 27.2. The average molecular weight is 515 g/mol. The molecule has 1 aromatic carbocycles. The first kappa shape index (κ1) is 28.6. The zero-order valence-electron chi connectivity index (χ0n) is 23.0. The van der Waals surface area contributed by atoms with Crippen molar-refractivity contribution in [3.63, 3.8) is 0 Å². The van der Waals surface area contributed by atoms with Crippen LogP contribution in [0.2, 0.25) is 0 Å². The number of nitrogens with one attached hydrogen (secondary N) is 1. The number of carbonyl (C=O) groups excluding carboxylic acids is 2. The molecule has 0 spiro atoms. The van der Waals surface area contributed by atoms with Crippen LogP contribution in [0.15, 0.2) is 30.5 Å². The molecule has 3 atom stereocenters. The standard InChI is InChI=1S/C27H42N6O4/c1-19-14-33(20(2)17-34)25(35)8-7-13-32-15-23(29-30-32)18-37-24(19)16-31(6)26(36)28-22-11-9-21(10-12-22)27(3,4)5/h9-12,15,19-20,24,34H,7-8,13-14,16-18H2,1-6H3,(H,28,36)/t19-,20-,24+/m0/s1. The molecule has 3 rings (SSSR count). The fourth-order valence-electron chi connectivity index (χ4n) is 4.32. The number of ether oxygens (including phenoxy) is 1. The number of aliphatic hydroxyl groups excluding tert-OH is 1. The van der Waals surface area contributed by atoms with Crippen molar-refractivity contribution >= 4 is 17.6 Å². The fraction of sp³-hybridized carbons (Fsp3) is 0.630. The number of nitrogens with zero attached hydrogens (tertiary/aromatic N) is 5. The number of benzene rings is 1. The van der Waals surface area contributed by atoms with Crippen LogP contribution in [-0.2, 0) is 28.1 Å². The minimum Gasteiger partial charge on any atom is -0.394 e. The highest BCUT2D eigenvalue weighted by Gasteiger charge is 2.29. The first-order chi connectivity index (χ1) is 17.5. The Bertz CT molecular complexity index is 1030. The summed E-state index contributed by atoms with van der Waals surface area (Å²) in [6.45, 7) is 11.7. The number of aryl methyl sites for hydroxylation is 1. The van der Waals surface area contributed by atoms with Crippen LogP contribution in [0, 0.1) is 5.92 Å². The number of urea groups is 1. The summed E-state index contributed by atoms with van der Waals surface area (Å²) in [6.07, 6.45) is 2.45. The van der Waals surface area contributed by atoms with Crippen LogP contribution in [0.3, 0.4) is 0 Å². The van der Waals surface area contributed by atoms with E-state index in [1.54, 1.807) is 21.5 Å². The van der Waals surface area contributed by atoms with Crippen LogP contribution in [0.5, 0.6) is 0 Å². The SMILES string of the molecule is C[C@H]1CN([C@@H](C)CO)C(=O)CCCn2cc(nn2)CO[C@@H]1CN(C)C(=O)Nc1ccc(C(C)(C)C)cc1. The van der Waals surface area contributed by atoms with Crippen LogP contribution in [0.4, 0.5) is 10.5 Å². The molecule has 10 nitrogen and oxygen atoms in total. The first-order valence-corrected chi connectivity index (χ1v) is 13.0. The number of aliphatic hydroxyl groups is 1. The van der Waals surface area contributed by atoms with E-state index in [1.165, 1.54) is 5.56 Å². The van der Waals surface area contributed by atoms with Gasteiger partial charge in [-0.05, 0) is 36.5 Å². The van der Waals surface area contributed by atoms with Gasteiger partial charge in [0.1, 0.15) is 5.69 Å². The van der Waals surface area contributed by atoms with E-state index in [0.29, 0.717) is 38.2 Å². The minimum absolute atomic E-state index is 0.0171. The van der Waals surface area contributed by atoms with Gasteiger partial charge >= 0.3 is 6.03 Å². The number of hydrogen-bond acceptors (Lipinski definition) is 6. The molecule has 0 unspecified atom stereocenters. The second kappa shape index (κ2) is 12.5. The van der Waals surface area contributed by atoms with Gasteiger partial charge in [0.15, 0.2) is 0 Å². The monoisotopic (exact) mass is 514 g/mol. The molecule has 1 aliphatic heterocycles. The Morgan fingerprint density at radius 3 is 2.65 bits per heavy atom. The van der Waals surface area contributed by atoms with Gasteiger partial charge in [-0.3, -0.25) is 9.48 Å². The number of likely N-dealkylation sites (N-methyl/N-ethyl adjacent to an activating group) is 1. The number of rotatable bonds is 5. The largest absolute Gasteiger partial charge is 0.394 e. The van der Waals surface area contributed by atoms with Crippen LogP contribution in [-0.4, -0.2) is 80.7 Å². The minimum atomic E-state index is -0.369.